The Morgan fingerprint density at radius 2 is 1.86 bits per heavy atom. The van der Waals surface area contributed by atoms with Crippen molar-refractivity contribution >= 4 is 5.82 Å². The number of nitrogens with one attached hydrogen (secondary N) is 1. The number of pyridine rings is 1. The van der Waals surface area contributed by atoms with Crippen LogP contribution in [0.2, 0.25) is 0 Å². The molecule has 1 aromatic rings. The van der Waals surface area contributed by atoms with E-state index in [2.05, 4.69) is 23.3 Å². The SMILES string of the molecule is CCNC(c1cccnc1N)C12CC3CC(CC(C3)C1)C2. The smallest absolute Gasteiger partial charge is 0.128 e. The molecule has 3 nitrogen and oxygen atoms in total. The van der Waals surface area contributed by atoms with Crippen LogP contribution in [0.15, 0.2) is 18.3 Å². The van der Waals surface area contributed by atoms with Crippen molar-refractivity contribution in [2.75, 3.05) is 12.3 Å². The Labute approximate surface area is 127 Å². The molecule has 0 radical (unpaired) electrons. The number of nitrogens with zero attached hydrogens (tertiary/aromatic N) is 1. The van der Waals surface area contributed by atoms with Gasteiger partial charge in [-0.05, 0) is 74.3 Å². The Balaban J connectivity index is 1.72. The average molecular weight is 285 g/mol. The van der Waals surface area contributed by atoms with Gasteiger partial charge < -0.3 is 11.1 Å². The summed E-state index contributed by atoms with van der Waals surface area (Å²) in [5.74, 6) is 3.63. The van der Waals surface area contributed by atoms with Crippen molar-refractivity contribution < 1.29 is 0 Å². The zero-order valence-electron chi connectivity index (χ0n) is 13.0. The molecule has 0 amide bonds. The molecule has 0 spiro atoms. The molecule has 1 atom stereocenters. The van der Waals surface area contributed by atoms with Gasteiger partial charge in [-0.3, -0.25) is 0 Å². The Morgan fingerprint density at radius 3 is 2.38 bits per heavy atom. The fourth-order valence-corrected chi connectivity index (χ4v) is 6.07. The Morgan fingerprint density at radius 1 is 1.24 bits per heavy atom. The maximum absolute atomic E-state index is 6.22. The molecule has 0 saturated heterocycles. The third kappa shape index (κ3) is 2.17. The summed E-state index contributed by atoms with van der Waals surface area (Å²) in [4.78, 5) is 4.35. The number of nitrogen functional groups attached to an aromatic ring is 1. The number of hydrogen-bond acceptors (Lipinski definition) is 3. The third-order valence-electron chi connectivity index (χ3n) is 6.29. The molecular weight excluding hydrogens is 258 g/mol. The molecule has 1 aromatic heterocycles. The summed E-state index contributed by atoms with van der Waals surface area (Å²) in [6, 6.07) is 4.62. The molecule has 0 aromatic carbocycles. The molecule has 4 aliphatic carbocycles. The Kier molecular flexibility index (Phi) is 3.21. The minimum Gasteiger partial charge on any atom is -0.383 e. The molecule has 5 rings (SSSR count). The van der Waals surface area contributed by atoms with Crippen LogP contribution in [0.3, 0.4) is 0 Å². The predicted octanol–water partition coefficient (Wildman–Crippen LogP) is 3.53. The summed E-state index contributed by atoms with van der Waals surface area (Å²) in [5.41, 5.74) is 7.89. The van der Waals surface area contributed by atoms with Crippen LogP contribution in [0.4, 0.5) is 5.82 Å². The van der Waals surface area contributed by atoms with Gasteiger partial charge in [0.25, 0.3) is 0 Å². The average Bonchev–Trinajstić information content (AvgIpc) is 2.44. The Hall–Kier alpha value is -1.09. The molecule has 4 fully saturated rings. The molecule has 4 aliphatic rings. The second-order valence-corrected chi connectivity index (χ2v) is 7.75. The van der Waals surface area contributed by atoms with Crippen molar-refractivity contribution in [3.05, 3.63) is 23.9 Å². The van der Waals surface area contributed by atoms with E-state index in [0.717, 1.165) is 30.1 Å². The zero-order chi connectivity index (χ0) is 14.4. The second kappa shape index (κ2) is 4.98. The van der Waals surface area contributed by atoms with E-state index in [1.807, 2.05) is 12.3 Å². The van der Waals surface area contributed by atoms with E-state index in [4.69, 9.17) is 5.73 Å². The lowest BCUT2D eigenvalue weighted by Crippen LogP contribution is -2.52. The molecule has 3 N–H and O–H groups in total. The van der Waals surface area contributed by atoms with Crippen LogP contribution in [-0.2, 0) is 0 Å². The molecule has 1 heterocycles. The number of anilines is 1. The van der Waals surface area contributed by atoms with Crippen LogP contribution < -0.4 is 11.1 Å². The molecular formula is C18H27N3. The lowest BCUT2D eigenvalue weighted by molar-refractivity contribution is -0.0745. The van der Waals surface area contributed by atoms with Crippen molar-refractivity contribution in [2.45, 2.75) is 51.5 Å². The largest absolute Gasteiger partial charge is 0.383 e. The number of nitrogens with two attached hydrogens (primary N) is 1. The van der Waals surface area contributed by atoms with Gasteiger partial charge in [0.15, 0.2) is 0 Å². The molecule has 1 unspecified atom stereocenters. The maximum atomic E-state index is 6.22. The molecule has 4 saturated carbocycles. The summed E-state index contributed by atoms with van der Waals surface area (Å²) < 4.78 is 0. The van der Waals surface area contributed by atoms with E-state index in [0.29, 0.717) is 11.5 Å². The highest BCUT2D eigenvalue weighted by Gasteiger charge is 2.54. The maximum Gasteiger partial charge on any atom is 0.128 e. The summed E-state index contributed by atoms with van der Waals surface area (Å²) in [6.07, 6.45) is 10.4. The number of hydrogen-bond donors (Lipinski definition) is 2. The van der Waals surface area contributed by atoms with Crippen LogP contribution in [0, 0.1) is 23.2 Å². The van der Waals surface area contributed by atoms with Crippen LogP contribution >= 0.6 is 0 Å². The van der Waals surface area contributed by atoms with Crippen LogP contribution in [0.5, 0.6) is 0 Å². The van der Waals surface area contributed by atoms with Gasteiger partial charge in [0.2, 0.25) is 0 Å². The van der Waals surface area contributed by atoms with Gasteiger partial charge in [-0.2, -0.15) is 0 Å². The fraction of sp³-hybridized carbons (Fsp3) is 0.722. The monoisotopic (exact) mass is 285 g/mol. The van der Waals surface area contributed by atoms with Gasteiger partial charge in [0.1, 0.15) is 5.82 Å². The van der Waals surface area contributed by atoms with Crippen molar-refractivity contribution in [1.29, 1.82) is 0 Å². The van der Waals surface area contributed by atoms with Crippen LogP contribution in [0.1, 0.15) is 57.1 Å². The van der Waals surface area contributed by atoms with Gasteiger partial charge >= 0.3 is 0 Å². The third-order valence-corrected chi connectivity index (χ3v) is 6.29. The lowest BCUT2D eigenvalue weighted by Gasteiger charge is -2.59. The standard InChI is InChI=1S/C18H27N3/c1-2-20-16(15-4-3-5-21-17(15)19)18-9-12-6-13(10-18)8-14(7-12)11-18/h3-5,12-14,16,20H,2,6-11H2,1H3,(H2,19,21). The van der Waals surface area contributed by atoms with Gasteiger partial charge in [-0.1, -0.05) is 13.0 Å². The normalized spacial score (nSPS) is 38.6. The van der Waals surface area contributed by atoms with Gasteiger partial charge in [-0.15, -0.1) is 0 Å². The van der Waals surface area contributed by atoms with Crippen molar-refractivity contribution in [3.63, 3.8) is 0 Å². The van der Waals surface area contributed by atoms with Gasteiger partial charge in [0.05, 0.1) is 0 Å². The van der Waals surface area contributed by atoms with E-state index in [9.17, 15) is 0 Å². The minimum absolute atomic E-state index is 0.393. The Bertz CT molecular complexity index is 490. The van der Waals surface area contributed by atoms with E-state index < -0.39 is 0 Å². The van der Waals surface area contributed by atoms with E-state index in [-0.39, 0.29) is 0 Å². The summed E-state index contributed by atoms with van der Waals surface area (Å²) in [6.45, 7) is 3.21. The summed E-state index contributed by atoms with van der Waals surface area (Å²) in [7, 11) is 0. The highest BCUT2D eigenvalue weighted by Crippen LogP contribution is 2.64. The van der Waals surface area contributed by atoms with Crippen molar-refractivity contribution in [1.82, 2.24) is 10.3 Å². The second-order valence-electron chi connectivity index (χ2n) is 7.75. The minimum atomic E-state index is 0.393. The molecule has 3 heteroatoms. The fourth-order valence-electron chi connectivity index (χ4n) is 6.07. The van der Waals surface area contributed by atoms with E-state index in [1.165, 1.54) is 44.1 Å². The van der Waals surface area contributed by atoms with E-state index in [1.54, 1.807) is 0 Å². The van der Waals surface area contributed by atoms with Crippen LogP contribution in [-0.4, -0.2) is 11.5 Å². The van der Waals surface area contributed by atoms with Gasteiger partial charge in [0, 0.05) is 17.8 Å². The molecule has 4 bridgehead atoms. The van der Waals surface area contributed by atoms with Crippen molar-refractivity contribution in [3.8, 4) is 0 Å². The first-order valence-electron chi connectivity index (χ1n) is 8.64. The zero-order valence-corrected chi connectivity index (χ0v) is 13.0. The molecule has 21 heavy (non-hydrogen) atoms. The first kappa shape index (κ1) is 13.6. The summed E-state index contributed by atoms with van der Waals surface area (Å²) in [5, 5.41) is 3.78. The topological polar surface area (TPSA) is 50.9 Å². The molecule has 114 valence electrons. The highest BCUT2D eigenvalue weighted by molar-refractivity contribution is 5.42. The highest BCUT2D eigenvalue weighted by atomic mass is 15.0. The quantitative estimate of drug-likeness (QED) is 0.889. The van der Waals surface area contributed by atoms with Crippen molar-refractivity contribution in [2.24, 2.45) is 23.2 Å². The predicted molar refractivity (Wildman–Crippen MR) is 85.7 cm³/mol. The van der Waals surface area contributed by atoms with Crippen LogP contribution in [0.25, 0.3) is 0 Å². The first-order valence-corrected chi connectivity index (χ1v) is 8.64. The lowest BCUT2D eigenvalue weighted by atomic mass is 9.47. The first-order chi connectivity index (χ1) is 10.2. The molecule has 0 aliphatic heterocycles. The number of rotatable bonds is 4. The van der Waals surface area contributed by atoms with Gasteiger partial charge in [-0.25, -0.2) is 4.98 Å². The number of aromatic nitrogens is 1. The summed E-state index contributed by atoms with van der Waals surface area (Å²) >= 11 is 0. The van der Waals surface area contributed by atoms with E-state index >= 15 is 0 Å².